The lowest BCUT2D eigenvalue weighted by Gasteiger charge is -2.36. The van der Waals surface area contributed by atoms with Crippen LogP contribution >= 0.6 is 0 Å². The number of hydrogen-bond donors (Lipinski definition) is 1. The van der Waals surface area contributed by atoms with Crippen LogP contribution in [0.2, 0.25) is 0 Å². The minimum Gasteiger partial charge on any atom is -0.319 e. The van der Waals surface area contributed by atoms with E-state index in [-0.39, 0.29) is 13.0 Å². The van der Waals surface area contributed by atoms with Crippen molar-refractivity contribution in [3.63, 3.8) is 0 Å². The Balaban J connectivity index is 1.66. The Morgan fingerprint density at radius 1 is 1.31 bits per heavy atom. The second-order valence-corrected chi connectivity index (χ2v) is 7.03. The number of rotatable bonds is 3. The Labute approximate surface area is 149 Å². The lowest BCUT2D eigenvalue weighted by atomic mass is 9.88. The minimum absolute atomic E-state index is 0.0706. The summed E-state index contributed by atoms with van der Waals surface area (Å²) in [4.78, 5) is 13.7. The summed E-state index contributed by atoms with van der Waals surface area (Å²) < 4.78 is 41.1. The molecular weight excluding hydrogens is 345 g/mol. The van der Waals surface area contributed by atoms with E-state index in [0.717, 1.165) is 5.56 Å². The number of carbonyl (C=O) groups is 1. The van der Waals surface area contributed by atoms with Gasteiger partial charge in [-0.3, -0.25) is 4.68 Å². The summed E-state index contributed by atoms with van der Waals surface area (Å²) in [5.74, 6) is -1.53. The van der Waals surface area contributed by atoms with E-state index in [2.05, 4.69) is 10.4 Å². The van der Waals surface area contributed by atoms with Gasteiger partial charge in [0.05, 0.1) is 29.9 Å². The fourth-order valence-corrected chi connectivity index (χ4v) is 3.49. The summed E-state index contributed by atoms with van der Waals surface area (Å²) in [5.41, 5.74) is 0.224. The Hall–Kier alpha value is -2.51. The van der Waals surface area contributed by atoms with Gasteiger partial charge in [0.2, 0.25) is 0 Å². The number of nitrogens with one attached hydrogen (secondary N) is 1. The molecule has 0 radical (unpaired) electrons. The lowest BCUT2D eigenvalue weighted by Crippen LogP contribution is -2.51. The summed E-state index contributed by atoms with van der Waals surface area (Å²) >= 11 is 0. The number of likely N-dealkylation sites (tertiary alicyclic amines) is 1. The molecule has 3 rings (SSSR count). The zero-order valence-electron chi connectivity index (χ0n) is 14.6. The van der Waals surface area contributed by atoms with Gasteiger partial charge in [0.15, 0.2) is 0 Å². The van der Waals surface area contributed by atoms with Crippen molar-refractivity contribution in [2.45, 2.75) is 38.5 Å². The van der Waals surface area contributed by atoms with Crippen LogP contribution in [0.5, 0.6) is 0 Å². The molecule has 0 aliphatic carbocycles. The van der Waals surface area contributed by atoms with E-state index in [1.807, 2.05) is 30.3 Å². The largest absolute Gasteiger partial charge is 0.394 e. The highest BCUT2D eigenvalue weighted by atomic mass is 19.4. The third kappa shape index (κ3) is 3.68. The fourth-order valence-electron chi connectivity index (χ4n) is 3.49. The highest BCUT2D eigenvalue weighted by Gasteiger charge is 2.56. The molecule has 140 valence electrons. The van der Waals surface area contributed by atoms with Gasteiger partial charge in [0, 0.05) is 12.7 Å². The van der Waals surface area contributed by atoms with E-state index < -0.39 is 23.7 Å². The molecule has 1 N–H and O–H groups in total. The lowest BCUT2D eigenvalue weighted by molar-refractivity contribution is -0.189. The van der Waals surface area contributed by atoms with Gasteiger partial charge in [0.1, 0.15) is 0 Å². The number of benzene rings is 1. The molecule has 1 atom stereocenters. The molecule has 1 aromatic carbocycles. The van der Waals surface area contributed by atoms with Gasteiger partial charge in [-0.15, -0.1) is 0 Å². The van der Waals surface area contributed by atoms with E-state index in [4.69, 9.17) is 0 Å². The van der Waals surface area contributed by atoms with Crippen LogP contribution in [0.3, 0.4) is 0 Å². The third-order valence-electron chi connectivity index (χ3n) is 4.90. The van der Waals surface area contributed by atoms with Crippen LogP contribution < -0.4 is 5.32 Å². The second-order valence-electron chi connectivity index (χ2n) is 7.03. The van der Waals surface area contributed by atoms with E-state index in [0.29, 0.717) is 12.2 Å². The summed E-state index contributed by atoms with van der Waals surface area (Å²) in [7, 11) is 0. The molecule has 0 spiro atoms. The zero-order chi connectivity index (χ0) is 18.9. The molecule has 1 aliphatic rings. The first kappa shape index (κ1) is 18.3. The second kappa shape index (κ2) is 6.66. The van der Waals surface area contributed by atoms with E-state index in [1.54, 1.807) is 10.9 Å². The van der Waals surface area contributed by atoms with Crippen LogP contribution in [0.25, 0.3) is 0 Å². The van der Waals surface area contributed by atoms with Crippen molar-refractivity contribution in [3.05, 3.63) is 48.3 Å². The predicted molar refractivity (Wildman–Crippen MR) is 91.7 cm³/mol. The molecule has 1 aliphatic heterocycles. The van der Waals surface area contributed by atoms with E-state index in [9.17, 15) is 18.0 Å². The topological polar surface area (TPSA) is 50.2 Å². The van der Waals surface area contributed by atoms with Crippen LogP contribution in [-0.2, 0) is 6.54 Å². The van der Waals surface area contributed by atoms with Gasteiger partial charge >= 0.3 is 12.2 Å². The molecule has 2 heterocycles. The van der Waals surface area contributed by atoms with Gasteiger partial charge in [-0.1, -0.05) is 30.3 Å². The molecule has 0 saturated carbocycles. The van der Waals surface area contributed by atoms with Crippen LogP contribution in [0.4, 0.5) is 23.7 Å². The standard InChI is InChI=1S/C18H21F3N4O/c1-17(2)15(18(19,20)21)8-9-25(17)16(26)23-14-10-22-24(12-14)11-13-6-4-3-5-7-13/h3-7,10,12,15H,8-9,11H2,1-2H3,(H,23,26). The number of hydrogen-bond acceptors (Lipinski definition) is 2. The summed E-state index contributed by atoms with van der Waals surface area (Å²) in [6.45, 7) is 3.52. The average Bonchev–Trinajstić information content (AvgIpc) is 3.11. The number of nitrogens with zero attached hydrogens (tertiary/aromatic N) is 3. The van der Waals surface area contributed by atoms with Crippen molar-refractivity contribution in [2.24, 2.45) is 5.92 Å². The number of alkyl halides is 3. The summed E-state index contributed by atoms with van der Waals surface area (Å²) in [5, 5.41) is 6.84. The van der Waals surface area contributed by atoms with Crippen molar-refractivity contribution in [1.82, 2.24) is 14.7 Å². The number of carbonyl (C=O) groups excluding carboxylic acids is 1. The summed E-state index contributed by atoms with van der Waals surface area (Å²) in [6.07, 6.45) is -1.25. The van der Waals surface area contributed by atoms with Gasteiger partial charge in [-0.25, -0.2) is 4.79 Å². The predicted octanol–water partition coefficient (Wildman–Crippen LogP) is 4.13. The molecule has 0 bridgehead atoms. The Kier molecular flexibility index (Phi) is 4.68. The van der Waals surface area contributed by atoms with Gasteiger partial charge in [-0.05, 0) is 25.8 Å². The van der Waals surface area contributed by atoms with Crippen LogP contribution in [0, 0.1) is 5.92 Å². The normalized spacial score (nSPS) is 19.6. The average molecular weight is 366 g/mol. The zero-order valence-corrected chi connectivity index (χ0v) is 14.6. The molecule has 2 aromatic rings. The Bertz CT molecular complexity index is 770. The monoisotopic (exact) mass is 366 g/mol. The molecule has 1 unspecified atom stereocenters. The van der Waals surface area contributed by atoms with Crippen molar-refractivity contribution in [3.8, 4) is 0 Å². The molecule has 8 heteroatoms. The third-order valence-corrected chi connectivity index (χ3v) is 4.90. The number of amides is 2. The number of aromatic nitrogens is 2. The molecule has 1 aromatic heterocycles. The van der Waals surface area contributed by atoms with Gasteiger partial charge < -0.3 is 10.2 Å². The molecule has 26 heavy (non-hydrogen) atoms. The molecular formula is C18H21F3N4O. The quantitative estimate of drug-likeness (QED) is 0.888. The molecule has 2 amide bonds. The number of halogens is 3. The first-order chi connectivity index (χ1) is 12.2. The first-order valence-corrected chi connectivity index (χ1v) is 8.39. The summed E-state index contributed by atoms with van der Waals surface area (Å²) in [6, 6.07) is 9.15. The van der Waals surface area contributed by atoms with Crippen molar-refractivity contribution in [1.29, 1.82) is 0 Å². The van der Waals surface area contributed by atoms with E-state index in [1.165, 1.54) is 24.9 Å². The molecule has 5 nitrogen and oxygen atoms in total. The van der Waals surface area contributed by atoms with Gasteiger partial charge in [-0.2, -0.15) is 18.3 Å². The van der Waals surface area contributed by atoms with Crippen LogP contribution in [0.1, 0.15) is 25.8 Å². The Morgan fingerprint density at radius 3 is 2.62 bits per heavy atom. The number of anilines is 1. The van der Waals surface area contributed by atoms with E-state index >= 15 is 0 Å². The van der Waals surface area contributed by atoms with Crippen molar-refractivity contribution in [2.75, 3.05) is 11.9 Å². The highest BCUT2D eigenvalue weighted by Crippen LogP contribution is 2.44. The number of urea groups is 1. The maximum absolute atomic E-state index is 13.2. The Morgan fingerprint density at radius 2 is 2.00 bits per heavy atom. The molecule has 1 saturated heterocycles. The van der Waals surface area contributed by atoms with Crippen molar-refractivity contribution >= 4 is 11.7 Å². The van der Waals surface area contributed by atoms with Crippen molar-refractivity contribution < 1.29 is 18.0 Å². The molecule has 1 fully saturated rings. The maximum Gasteiger partial charge on any atom is 0.394 e. The maximum atomic E-state index is 13.2. The van der Waals surface area contributed by atoms with Crippen LogP contribution in [-0.4, -0.2) is 39.0 Å². The fraction of sp³-hybridized carbons (Fsp3) is 0.444. The van der Waals surface area contributed by atoms with Gasteiger partial charge in [0.25, 0.3) is 0 Å². The first-order valence-electron chi connectivity index (χ1n) is 8.39. The SMILES string of the molecule is CC1(C)C(C(F)(F)F)CCN1C(=O)Nc1cnn(Cc2ccccc2)c1. The van der Waals surface area contributed by atoms with Crippen LogP contribution in [0.15, 0.2) is 42.7 Å². The smallest absolute Gasteiger partial charge is 0.319 e. The highest BCUT2D eigenvalue weighted by molar-refractivity contribution is 5.89. The minimum atomic E-state index is -4.32.